The van der Waals surface area contributed by atoms with Gasteiger partial charge in [-0.2, -0.15) is 0 Å². The Morgan fingerprint density at radius 2 is 1.96 bits per heavy atom. The Balaban J connectivity index is 1.57. The lowest BCUT2D eigenvalue weighted by atomic mass is 10.0. The molecule has 0 aliphatic carbocycles. The van der Waals surface area contributed by atoms with Gasteiger partial charge >= 0.3 is 0 Å². The molecule has 0 bridgehead atoms. The molecule has 1 aliphatic rings. The summed E-state index contributed by atoms with van der Waals surface area (Å²) in [5, 5.41) is 3.97. The van der Waals surface area contributed by atoms with Crippen LogP contribution in [0, 0.1) is 0 Å². The summed E-state index contributed by atoms with van der Waals surface area (Å²) in [6.07, 6.45) is 2.05. The predicted molar refractivity (Wildman–Crippen MR) is 107 cm³/mol. The van der Waals surface area contributed by atoms with Crippen LogP contribution in [0.15, 0.2) is 35.7 Å². The minimum absolute atomic E-state index is 0.0285. The molecule has 1 aromatic carbocycles. The Labute approximate surface area is 157 Å². The number of hydrogen-bond donors (Lipinski definition) is 0. The van der Waals surface area contributed by atoms with Gasteiger partial charge in [0.05, 0.1) is 5.69 Å². The van der Waals surface area contributed by atoms with Crippen LogP contribution >= 0.6 is 11.3 Å². The number of amides is 1. The van der Waals surface area contributed by atoms with Crippen molar-refractivity contribution in [2.75, 3.05) is 27.2 Å². The third-order valence-electron chi connectivity index (χ3n) is 5.45. The summed E-state index contributed by atoms with van der Waals surface area (Å²) >= 11 is 1.54. The zero-order chi connectivity index (χ0) is 18.3. The summed E-state index contributed by atoms with van der Waals surface area (Å²) in [6.45, 7) is 2.08. The van der Waals surface area contributed by atoms with E-state index < -0.39 is 0 Å². The molecule has 3 heterocycles. The number of hydrogen-bond acceptors (Lipinski definition) is 4. The number of aromatic nitrogens is 2. The van der Waals surface area contributed by atoms with E-state index in [4.69, 9.17) is 0 Å². The SMILES string of the molecule is CN1CCC(N(C)C(=O)c2csc(-c3cc4ccccc4n3C)n2)CC1. The molecule has 1 fully saturated rings. The van der Waals surface area contributed by atoms with Crippen LogP contribution in [0.5, 0.6) is 0 Å². The second-order valence-electron chi connectivity index (χ2n) is 7.14. The first-order valence-corrected chi connectivity index (χ1v) is 9.88. The van der Waals surface area contributed by atoms with Gasteiger partial charge in [0.25, 0.3) is 5.91 Å². The third kappa shape index (κ3) is 3.04. The molecule has 136 valence electrons. The number of nitrogens with zero attached hydrogens (tertiary/aromatic N) is 4. The van der Waals surface area contributed by atoms with Crippen LogP contribution in [-0.4, -0.2) is 58.5 Å². The zero-order valence-corrected chi connectivity index (χ0v) is 16.3. The van der Waals surface area contributed by atoms with Crippen molar-refractivity contribution >= 4 is 28.1 Å². The standard InChI is InChI=1S/C20H24N4OS/c1-22-10-8-15(9-11-22)23(2)20(25)16-13-26-19(21-16)18-12-14-6-4-5-7-17(14)24(18)3/h4-7,12-13,15H,8-11H2,1-3H3. The highest BCUT2D eigenvalue weighted by molar-refractivity contribution is 7.13. The number of para-hydroxylation sites is 1. The van der Waals surface area contributed by atoms with E-state index in [0.29, 0.717) is 11.7 Å². The second-order valence-corrected chi connectivity index (χ2v) is 7.99. The molecule has 0 unspecified atom stereocenters. The van der Waals surface area contributed by atoms with Crippen molar-refractivity contribution in [3.63, 3.8) is 0 Å². The van der Waals surface area contributed by atoms with Crippen LogP contribution in [0.2, 0.25) is 0 Å². The molecule has 0 spiro atoms. The van der Waals surface area contributed by atoms with Crippen molar-refractivity contribution in [1.29, 1.82) is 0 Å². The molecule has 1 amide bonds. The summed E-state index contributed by atoms with van der Waals surface area (Å²) in [6, 6.07) is 10.7. The van der Waals surface area contributed by atoms with Crippen molar-refractivity contribution in [1.82, 2.24) is 19.4 Å². The van der Waals surface area contributed by atoms with Gasteiger partial charge in [-0.3, -0.25) is 4.79 Å². The van der Waals surface area contributed by atoms with E-state index in [2.05, 4.69) is 39.7 Å². The van der Waals surface area contributed by atoms with E-state index in [1.807, 2.05) is 36.5 Å². The second kappa shape index (κ2) is 6.85. The number of piperidine rings is 1. The number of aryl methyl sites for hydroxylation is 1. The summed E-state index contributed by atoms with van der Waals surface area (Å²) in [7, 11) is 6.09. The maximum Gasteiger partial charge on any atom is 0.273 e. The fourth-order valence-electron chi connectivity index (χ4n) is 3.71. The summed E-state index contributed by atoms with van der Waals surface area (Å²) in [4.78, 5) is 21.7. The Morgan fingerprint density at radius 1 is 1.23 bits per heavy atom. The first kappa shape index (κ1) is 17.2. The largest absolute Gasteiger partial charge is 0.342 e. The first-order valence-electron chi connectivity index (χ1n) is 9.00. The molecular formula is C20H24N4OS. The fourth-order valence-corrected chi connectivity index (χ4v) is 4.56. The molecule has 0 atom stereocenters. The summed E-state index contributed by atoms with van der Waals surface area (Å²) in [5.74, 6) is 0.0285. The van der Waals surface area contributed by atoms with Crippen molar-refractivity contribution < 1.29 is 4.79 Å². The topological polar surface area (TPSA) is 41.4 Å². The molecule has 26 heavy (non-hydrogen) atoms. The van der Waals surface area contributed by atoms with Gasteiger partial charge in [-0.05, 0) is 45.1 Å². The highest BCUT2D eigenvalue weighted by Crippen LogP contribution is 2.30. The maximum absolute atomic E-state index is 12.9. The predicted octanol–water partition coefficient (Wildman–Crippen LogP) is 3.47. The Hall–Kier alpha value is -2.18. The van der Waals surface area contributed by atoms with Gasteiger partial charge in [-0.1, -0.05) is 18.2 Å². The van der Waals surface area contributed by atoms with Gasteiger partial charge in [0.1, 0.15) is 10.7 Å². The molecule has 4 rings (SSSR count). The van der Waals surface area contributed by atoms with E-state index in [1.165, 1.54) is 22.2 Å². The molecule has 0 radical (unpaired) electrons. The quantitative estimate of drug-likeness (QED) is 0.711. The van der Waals surface area contributed by atoms with Gasteiger partial charge in [0, 0.05) is 36.4 Å². The van der Waals surface area contributed by atoms with Crippen LogP contribution in [0.3, 0.4) is 0 Å². The average molecular weight is 369 g/mol. The molecule has 0 saturated carbocycles. The lowest BCUT2D eigenvalue weighted by Crippen LogP contribution is -2.44. The fraction of sp³-hybridized carbons (Fsp3) is 0.400. The number of carbonyl (C=O) groups is 1. The van der Waals surface area contributed by atoms with E-state index in [-0.39, 0.29) is 5.91 Å². The lowest BCUT2D eigenvalue weighted by molar-refractivity contribution is 0.0654. The van der Waals surface area contributed by atoms with E-state index >= 15 is 0 Å². The Kier molecular flexibility index (Phi) is 4.54. The van der Waals surface area contributed by atoms with E-state index in [0.717, 1.165) is 36.6 Å². The molecule has 2 aromatic heterocycles. The number of rotatable bonds is 3. The molecule has 1 saturated heterocycles. The van der Waals surface area contributed by atoms with E-state index in [9.17, 15) is 4.79 Å². The molecule has 6 heteroatoms. The number of benzene rings is 1. The van der Waals surface area contributed by atoms with Gasteiger partial charge in [-0.25, -0.2) is 4.98 Å². The highest BCUT2D eigenvalue weighted by atomic mass is 32.1. The van der Waals surface area contributed by atoms with Crippen molar-refractivity contribution in [3.8, 4) is 10.7 Å². The molecule has 1 aliphatic heterocycles. The molecule has 3 aromatic rings. The third-order valence-corrected chi connectivity index (χ3v) is 6.32. The molecule has 5 nitrogen and oxygen atoms in total. The van der Waals surface area contributed by atoms with Crippen LogP contribution in [-0.2, 0) is 7.05 Å². The van der Waals surface area contributed by atoms with Gasteiger partial charge < -0.3 is 14.4 Å². The average Bonchev–Trinajstić information content (AvgIpc) is 3.26. The minimum Gasteiger partial charge on any atom is -0.342 e. The van der Waals surface area contributed by atoms with Crippen LogP contribution < -0.4 is 0 Å². The number of carbonyl (C=O) groups excluding carboxylic acids is 1. The lowest BCUT2D eigenvalue weighted by Gasteiger charge is -2.34. The van der Waals surface area contributed by atoms with Crippen LogP contribution in [0.4, 0.5) is 0 Å². The van der Waals surface area contributed by atoms with Crippen LogP contribution in [0.25, 0.3) is 21.6 Å². The van der Waals surface area contributed by atoms with Crippen molar-refractivity contribution in [2.45, 2.75) is 18.9 Å². The summed E-state index contributed by atoms with van der Waals surface area (Å²) < 4.78 is 2.14. The molecular weight excluding hydrogens is 344 g/mol. The van der Waals surface area contributed by atoms with Crippen LogP contribution in [0.1, 0.15) is 23.3 Å². The molecule has 0 N–H and O–H groups in total. The number of fused-ring (bicyclic) bond motifs is 1. The van der Waals surface area contributed by atoms with Gasteiger partial charge in [0.15, 0.2) is 0 Å². The van der Waals surface area contributed by atoms with Gasteiger partial charge in [-0.15, -0.1) is 11.3 Å². The monoisotopic (exact) mass is 368 g/mol. The van der Waals surface area contributed by atoms with Gasteiger partial charge in [0.2, 0.25) is 0 Å². The Morgan fingerprint density at radius 3 is 2.69 bits per heavy atom. The smallest absolute Gasteiger partial charge is 0.273 e. The first-order chi connectivity index (χ1) is 12.5. The van der Waals surface area contributed by atoms with Crippen molar-refractivity contribution in [2.24, 2.45) is 7.05 Å². The minimum atomic E-state index is 0.0285. The highest BCUT2D eigenvalue weighted by Gasteiger charge is 2.26. The summed E-state index contributed by atoms with van der Waals surface area (Å²) in [5.41, 5.74) is 2.78. The van der Waals surface area contributed by atoms with E-state index in [1.54, 1.807) is 0 Å². The normalized spacial score (nSPS) is 16.3. The number of likely N-dealkylation sites (tertiary alicyclic amines) is 1. The number of thiazole rings is 1. The zero-order valence-electron chi connectivity index (χ0n) is 15.5. The maximum atomic E-state index is 12.9. The Bertz CT molecular complexity index is 936. The van der Waals surface area contributed by atoms with Crippen molar-refractivity contribution in [3.05, 3.63) is 41.4 Å².